The predicted molar refractivity (Wildman–Crippen MR) is 77.7 cm³/mol. The van der Waals surface area contributed by atoms with Crippen molar-refractivity contribution in [2.45, 2.75) is 6.54 Å². The van der Waals surface area contributed by atoms with Crippen molar-refractivity contribution in [2.24, 2.45) is 0 Å². The van der Waals surface area contributed by atoms with E-state index in [1.807, 2.05) is 24.3 Å². The van der Waals surface area contributed by atoms with Crippen molar-refractivity contribution in [3.63, 3.8) is 0 Å². The number of hydrogen-bond acceptors (Lipinski definition) is 3. The SMILES string of the molecule is CNCc1cc(-c2ccc(OC)cc2OC)ccc1F. The van der Waals surface area contributed by atoms with Gasteiger partial charge in [-0.05, 0) is 36.9 Å². The van der Waals surface area contributed by atoms with E-state index in [1.165, 1.54) is 6.07 Å². The summed E-state index contributed by atoms with van der Waals surface area (Å²) in [5, 5.41) is 2.96. The van der Waals surface area contributed by atoms with Gasteiger partial charge in [0.1, 0.15) is 17.3 Å². The molecule has 106 valence electrons. The number of methoxy groups -OCH3 is 2. The molecule has 0 bridgehead atoms. The summed E-state index contributed by atoms with van der Waals surface area (Å²) in [6.45, 7) is 0.484. The molecule has 1 N–H and O–H groups in total. The highest BCUT2D eigenvalue weighted by molar-refractivity contribution is 5.72. The fraction of sp³-hybridized carbons (Fsp3) is 0.250. The van der Waals surface area contributed by atoms with Crippen LogP contribution in [-0.4, -0.2) is 21.3 Å². The number of halogens is 1. The van der Waals surface area contributed by atoms with Crippen LogP contribution in [0.15, 0.2) is 36.4 Å². The molecule has 0 saturated carbocycles. The van der Waals surface area contributed by atoms with Crippen LogP contribution < -0.4 is 14.8 Å². The van der Waals surface area contributed by atoms with Crippen molar-refractivity contribution < 1.29 is 13.9 Å². The van der Waals surface area contributed by atoms with E-state index < -0.39 is 0 Å². The first-order valence-corrected chi connectivity index (χ1v) is 6.35. The third kappa shape index (κ3) is 2.91. The average Bonchev–Trinajstić information content (AvgIpc) is 2.49. The molecule has 0 heterocycles. The van der Waals surface area contributed by atoms with Gasteiger partial charge in [0, 0.05) is 23.7 Å². The Kier molecular flexibility index (Phi) is 4.58. The van der Waals surface area contributed by atoms with E-state index >= 15 is 0 Å². The van der Waals surface area contributed by atoms with Crippen LogP contribution in [-0.2, 0) is 6.54 Å². The second-order valence-electron chi connectivity index (χ2n) is 4.40. The molecule has 3 nitrogen and oxygen atoms in total. The largest absolute Gasteiger partial charge is 0.497 e. The van der Waals surface area contributed by atoms with Gasteiger partial charge in [-0.1, -0.05) is 6.07 Å². The minimum absolute atomic E-state index is 0.212. The Labute approximate surface area is 118 Å². The van der Waals surface area contributed by atoms with Crippen molar-refractivity contribution in [1.82, 2.24) is 5.32 Å². The maximum Gasteiger partial charge on any atom is 0.130 e. The molecule has 0 radical (unpaired) electrons. The molecule has 0 saturated heterocycles. The first-order valence-electron chi connectivity index (χ1n) is 6.35. The second kappa shape index (κ2) is 6.39. The number of nitrogens with one attached hydrogen (secondary N) is 1. The molecule has 0 amide bonds. The summed E-state index contributed by atoms with van der Waals surface area (Å²) in [5.41, 5.74) is 2.45. The molecule has 4 heteroatoms. The van der Waals surface area contributed by atoms with Crippen LogP contribution in [0, 0.1) is 5.82 Å². The van der Waals surface area contributed by atoms with Gasteiger partial charge in [0.2, 0.25) is 0 Å². The Morgan fingerprint density at radius 3 is 2.50 bits per heavy atom. The van der Waals surface area contributed by atoms with Gasteiger partial charge in [-0.3, -0.25) is 0 Å². The molecule has 0 spiro atoms. The zero-order valence-electron chi connectivity index (χ0n) is 11.9. The fourth-order valence-corrected chi connectivity index (χ4v) is 2.11. The molecule has 0 atom stereocenters. The quantitative estimate of drug-likeness (QED) is 0.908. The van der Waals surface area contributed by atoms with Crippen molar-refractivity contribution in [3.8, 4) is 22.6 Å². The zero-order valence-corrected chi connectivity index (χ0v) is 11.9. The third-order valence-corrected chi connectivity index (χ3v) is 3.13. The number of hydrogen-bond donors (Lipinski definition) is 1. The normalized spacial score (nSPS) is 10.4. The van der Waals surface area contributed by atoms with Crippen LogP contribution in [0.5, 0.6) is 11.5 Å². The average molecular weight is 275 g/mol. The molecule has 0 aromatic heterocycles. The van der Waals surface area contributed by atoms with Gasteiger partial charge in [-0.2, -0.15) is 0 Å². The lowest BCUT2D eigenvalue weighted by molar-refractivity contribution is 0.395. The Hall–Kier alpha value is -2.07. The van der Waals surface area contributed by atoms with Crippen molar-refractivity contribution in [3.05, 3.63) is 47.8 Å². The summed E-state index contributed by atoms with van der Waals surface area (Å²) in [7, 11) is 5.01. The van der Waals surface area contributed by atoms with E-state index in [4.69, 9.17) is 9.47 Å². The Morgan fingerprint density at radius 2 is 1.85 bits per heavy atom. The molecular weight excluding hydrogens is 257 g/mol. The highest BCUT2D eigenvalue weighted by Gasteiger charge is 2.10. The highest BCUT2D eigenvalue weighted by atomic mass is 19.1. The minimum Gasteiger partial charge on any atom is -0.497 e. The molecule has 2 rings (SSSR count). The molecule has 2 aromatic carbocycles. The van der Waals surface area contributed by atoms with E-state index in [1.54, 1.807) is 27.3 Å². The maximum absolute atomic E-state index is 13.7. The summed E-state index contributed by atoms with van der Waals surface area (Å²) >= 11 is 0. The fourth-order valence-electron chi connectivity index (χ4n) is 2.11. The lowest BCUT2D eigenvalue weighted by Crippen LogP contribution is -2.07. The second-order valence-corrected chi connectivity index (χ2v) is 4.40. The van der Waals surface area contributed by atoms with Crippen LogP contribution in [0.25, 0.3) is 11.1 Å². The molecule has 0 aliphatic rings. The van der Waals surface area contributed by atoms with Gasteiger partial charge in [0.05, 0.1) is 14.2 Å². The van der Waals surface area contributed by atoms with E-state index in [-0.39, 0.29) is 5.82 Å². The highest BCUT2D eigenvalue weighted by Crippen LogP contribution is 2.34. The summed E-state index contributed by atoms with van der Waals surface area (Å²) in [6.07, 6.45) is 0. The lowest BCUT2D eigenvalue weighted by atomic mass is 10.0. The van der Waals surface area contributed by atoms with E-state index in [2.05, 4.69) is 5.32 Å². The monoisotopic (exact) mass is 275 g/mol. The Morgan fingerprint density at radius 1 is 1.05 bits per heavy atom. The molecule has 0 fully saturated rings. The number of ether oxygens (including phenoxy) is 2. The topological polar surface area (TPSA) is 30.5 Å². The zero-order chi connectivity index (χ0) is 14.5. The van der Waals surface area contributed by atoms with Crippen LogP contribution in [0.3, 0.4) is 0 Å². The van der Waals surface area contributed by atoms with E-state index in [0.717, 1.165) is 16.9 Å². The maximum atomic E-state index is 13.7. The summed E-state index contributed by atoms with van der Waals surface area (Å²) in [5.74, 6) is 1.21. The number of benzene rings is 2. The van der Waals surface area contributed by atoms with Gasteiger partial charge in [-0.25, -0.2) is 4.39 Å². The standard InChI is InChI=1S/C16H18FNO2/c1-18-10-12-8-11(4-7-15(12)17)14-6-5-13(19-2)9-16(14)20-3/h4-9,18H,10H2,1-3H3. The molecule has 2 aromatic rings. The predicted octanol–water partition coefficient (Wildman–Crippen LogP) is 3.23. The Bertz CT molecular complexity index is 599. The third-order valence-electron chi connectivity index (χ3n) is 3.13. The molecular formula is C16H18FNO2. The van der Waals surface area contributed by atoms with Crippen LogP contribution >= 0.6 is 0 Å². The van der Waals surface area contributed by atoms with Gasteiger partial charge >= 0.3 is 0 Å². The van der Waals surface area contributed by atoms with Gasteiger partial charge < -0.3 is 14.8 Å². The first-order chi connectivity index (χ1) is 9.69. The smallest absolute Gasteiger partial charge is 0.130 e. The van der Waals surface area contributed by atoms with Crippen LogP contribution in [0.2, 0.25) is 0 Å². The van der Waals surface area contributed by atoms with Crippen LogP contribution in [0.1, 0.15) is 5.56 Å². The van der Waals surface area contributed by atoms with E-state index in [9.17, 15) is 4.39 Å². The minimum atomic E-state index is -0.212. The van der Waals surface area contributed by atoms with Crippen molar-refractivity contribution in [1.29, 1.82) is 0 Å². The molecule has 0 unspecified atom stereocenters. The lowest BCUT2D eigenvalue weighted by Gasteiger charge is -2.12. The van der Waals surface area contributed by atoms with Gasteiger partial charge in [-0.15, -0.1) is 0 Å². The van der Waals surface area contributed by atoms with Gasteiger partial charge in [0.25, 0.3) is 0 Å². The van der Waals surface area contributed by atoms with E-state index in [0.29, 0.717) is 17.9 Å². The summed E-state index contributed by atoms with van der Waals surface area (Å²) in [4.78, 5) is 0. The van der Waals surface area contributed by atoms with Crippen molar-refractivity contribution >= 4 is 0 Å². The van der Waals surface area contributed by atoms with Crippen molar-refractivity contribution in [2.75, 3.05) is 21.3 Å². The Balaban J connectivity index is 2.48. The summed E-state index contributed by atoms with van der Waals surface area (Å²) in [6, 6.07) is 10.6. The molecule has 0 aliphatic heterocycles. The van der Waals surface area contributed by atoms with Crippen LogP contribution in [0.4, 0.5) is 4.39 Å². The van der Waals surface area contributed by atoms with Gasteiger partial charge in [0.15, 0.2) is 0 Å². The molecule has 0 aliphatic carbocycles. The molecule has 20 heavy (non-hydrogen) atoms. The number of rotatable bonds is 5. The first kappa shape index (κ1) is 14.3. The summed E-state index contributed by atoms with van der Waals surface area (Å²) < 4.78 is 24.2.